The molecule has 50 heavy (non-hydrogen) atoms. The average molecular weight is 657 g/mol. The molecule has 3 aromatic heterocycles. The van der Waals surface area contributed by atoms with E-state index < -0.39 is 0 Å². The molecule has 0 fully saturated rings. The molecule has 0 bridgehead atoms. The zero-order valence-corrected chi connectivity index (χ0v) is 27.7. The largest absolute Gasteiger partial charge is 0.456 e. The monoisotopic (exact) mass is 656 g/mol. The zero-order chi connectivity index (χ0) is 32.8. The summed E-state index contributed by atoms with van der Waals surface area (Å²) in [5.41, 5.74) is 8.68. The molecule has 0 N–H and O–H groups in total. The summed E-state index contributed by atoms with van der Waals surface area (Å²) in [5.74, 6) is 0. The summed E-state index contributed by atoms with van der Waals surface area (Å²) < 4.78 is 11.3. The maximum Gasteiger partial charge on any atom is 0.136 e. The highest BCUT2D eigenvalue weighted by Gasteiger charge is 2.24. The Labute approximate surface area is 291 Å². The molecule has 0 spiro atoms. The number of para-hydroxylation sites is 4. The zero-order valence-electron chi connectivity index (χ0n) is 26.9. The third kappa shape index (κ3) is 3.97. The summed E-state index contributed by atoms with van der Waals surface area (Å²) in [7, 11) is 0. The van der Waals surface area contributed by atoms with Gasteiger partial charge in [-0.25, -0.2) is 0 Å². The van der Waals surface area contributed by atoms with Crippen LogP contribution in [0, 0.1) is 0 Å². The summed E-state index contributed by atoms with van der Waals surface area (Å²) in [6, 6.07) is 61.3. The Bertz CT molecular complexity index is 3110. The van der Waals surface area contributed by atoms with E-state index in [0.717, 1.165) is 50.1 Å². The summed E-state index contributed by atoms with van der Waals surface area (Å²) in [6.45, 7) is 0. The number of furan rings is 1. The van der Waals surface area contributed by atoms with Gasteiger partial charge in [-0.2, -0.15) is 0 Å². The van der Waals surface area contributed by atoms with Crippen molar-refractivity contribution in [3.63, 3.8) is 0 Å². The maximum atomic E-state index is 6.36. The van der Waals surface area contributed by atoms with Crippen LogP contribution in [0.4, 0.5) is 17.1 Å². The van der Waals surface area contributed by atoms with Crippen LogP contribution < -0.4 is 4.90 Å². The van der Waals surface area contributed by atoms with E-state index in [4.69, 9.17) is 4.42 Å². The Morgan fingerprint density at radius 1 is 0.460 bits per heavy atom. The van der Waals surface area contributed by atoms with Crippen LogP contribution >= 0.6 is 11.3 Å². The second kappa shape index (κ2) is 10.6. The first-order chi connectivity index (χ1) is 24.8. The molecular weight excluding hydrogens is 629 g/mol. The van der Waals surface area contributed by atoms with Crippen LogP contribution in [0.2, 0.25) is 0 Å². The molecule has 3 nitrogen and oxygen atoms in total. The number of rotatable bonds is 4. The molecule has 11 aromatic rings. The number of aromatic nitrogens is 1. The quantitative estimate of drug-likeness (QED) is 0.188. The minimum atomic E-state index is 0.903. The second-order valence-corrected chi connectivity index (χ2v) is 14.0. The van der Waals surface area contributed by atoms with Crippen molar-refractivity contribution in [3.8, 4) is 5.69 Å². The van der Waals surface area contributed by atoms with E-state index in [0.29, 0.717) is 0 Å². The molecule has 0 amide bonds. The van der Waals surface area contributed by atoms with Gasteiger partial charge in [0.2, 0.25) is 0 Å². The lowest BCUT2D eigenvalue weighted by molar-refractivity contribution is 0.669. The molecule has 234 valence electrons. The smallest absolute Gasteiger partial charge is 0.136 e. The molecule has 0 unspecified atom stereocenters. The number of benzene rings is 8. The lowest BCUT2D eigenvalue weighted by Gasteiger charge is -2.28. The molecule has 0 saturated heterocycles. The molecule has 0 saturated carbocycles. The van der Waals surface area contributed by atoms with Crippen molar-refractivity contribution in [2.24, 2.45) is 0 Å². The number of hydrogen-bond acceptors (Lipinski definition) is 3. The van der Waals surface area contributed by atoms with E-state index in [2.05, 4.69) is 167 Å². The highest BCUT2D eigenvalue weighted by atomic mass is 32.1. The van der Waals surface area contributed by atoms with Gasteiger partial charge in [-0.3, -0.25) is 0 Å². The predicted octanol–water partition coefficient (Wildman–Crippen LogP) is 13.7. The molecule has 8 aromatic carbocycles. The molecule has 3 heterocycles. The van der Waals surface area contributed by atoms with Crippen LogP contribution in [0.5, 0.6) is 0 Å². The van der Waals surface area contributed by atoms with Gasteiger partial charge in [-0.15, -0.1) is 11.3 Å². The Morgan fingerprint density at radius 3 is 2.08 bits per heavy atom. The topological polar surface area (TPSA) is 21.3 Å². The first kappa shape index (κ1) is 27.6. The lowest BCUT2D eigenvalue weighted by atomic mass is 10.0. The number of nitrogens with zero attached hydrogens (tertiary/aromatic N) is 2. The van der Waals surface area contributed by atoms with E-state index in [1.54, 1.807) is 0 Å². The van der Waals surface area contributed by atoms with Gasteiger partial charge in [0.1, 0.15) is 11.2 Å². The number of thiophene rings is 1. The first-order valence-electron chi connectivity index (χ1n) is 16.9. The van der Waals surface area contributed by atoms with E-state index in [9.17, 15) is 0 Å². The fourth-order valence-electron chi connectivity index (χ4n) is 7.94. The van der Waals surface area contributed by atoms with E-state index in [-0.39, 0.29) is 0 Å². The Hall–Kier alpha value is -6.36. The number of hydrogen-bond donors (Lipinski definition) is 0. The molecule has 0 aliphatic rings. The van der Waals surface area contributed by atoms with Gasteiger partial charge >= 0.3 is 0 Å². The fraction of sp³-hybridized carbons (Fsp3) is 0. The van der Waals surface area contributed by atoms with Gasteiger partial charge in [0, 0.05) is 48.4 Å². The maximum absolute atomic E-state index is 6.36. The van der Waals surface area contributed by atoms with Crippen LogP contribution in [0.25, 0.3) is 80.4 Å². The molecule has 0 radical (unpaired) electrons. The molecule has 0 atom stereocenters. The average Bonchev–Trinajstić information content (AvgIpc) is 3.84. The Morgan fingerprint density at radius 2 is 1.18 bits per heavy atom. The van der Waals surface area contributed by atoms with Crippen molar-refractivity contribution in [1.82, 2.24) is 4.57 Å². The highest BCUT2D eigenvalue weighted by molar-refractivity contribution is 7.26. The van der Waals surface area contributed by atoms with E-state index >= 15 is 0 Å². The van der Waals surface area contributed by atoms with E-state index in [1.807, 2.05) is 23.5 Å². The highest BCUT2D eigenvalue weighted by Crippen LogP contribution is 2.48. The minimum Gasteiger partial charge on any atom is -0.456 e. The van der Waals surface area contributed by atoms with E-state index in [1.165, 1.54) is 47.4 Å². The van der Waals surface area contributed by atoms with Crippen molar-refractivity contribution >= 4 is 103 Å². The van der Waals surface area contributed by atoms with Gasteiger partial charge in [0.15, 0.2) is 0 Å². The van der Waals surface area contributed by atoms with Gasteiger partial charge < -0.3 is 13.9 Å². The summed E-state index contributed by atoms with van der Waals surface area (Å²) in [6.07, 6.45) is 0. The normalized spacial score (nSPS) is 12.0. The SMILES string of the molecule is c1ccc(-n2c3ccccc3c3cccc(N(c4ccc5cc6c(cc5c4)oc4ccccc46)c4cccc5c4sc4ccccc45)c32)cc1. The van der Waals surface area contributed by atoms with Crippen molar-refractivity contribution in [3.05, 3.63) is 170 Å². The first-order valence-corrected chi connectivity index (χ1v) is 17.7. The van der Waals surface area contributed by atoms with Gasteiger partial charge in [0.05, 0.1) is 27.1 Å². The second-order valence-electron chi connectivity index (χ2n) is 12.9. The molecular formula is C46H28N2OS. The molecule has 4 heteroatoms. The van der Waals surface area contributed by atoms with Crippen LogP contribution in [0.15, 0.2) is 174 Å². The number of fused-ring (bicyclic) bond motifs is 10. The summed E-state index contributed by atoms with van der Waals surface area (Å²) in [4.78, 5) is 2.47. The number of anilines is 3. The minimum absolute atomic E-state index is 0.903. The fourth-order valence-corrected chi connectivity index (χ4v) is 9.14. The Balaban J connectivity index is 1.25. The molecule has 0 aliphatic carbocycles. The van der Waals surface area contributed by atoms with Crippen molar-refractivity contribution in [1.29, 1.82) is 0 Å². The van der Waals surface area contributed by atoms with Crippen LogP contribution in [-0.4, -0.2) is 4.57 Å². The molecule has 11 rings (SSSR count). The van der Waals surface area contributed by atoms with Gasteiger partial charge in [-0.1, -0.05) is 103 Å². The standard InChI is InChI=1S/C46H28N2OS/c1-2-12-31(13-3-1)48-39-19-7-4-14-33(39)36-17-10-20-40(45(36)48)47(41-21-11-18-37-35-16-6-9-23-44(35)50-46(37)41)32-25-24-29-27-38-34-15-5-8-22-42(34)49-43(38)28-30(29)26-32/h1-28H. The molecule has 0 aliphatic heterocycles. The van der Waals surface area contributed by atoms with Crippen LogP contribution in [0.3, 0.4) is 0 Å². The van der Waals surface area contributed by atoms with Crippen LogP contribution in [-0.2, 0) is 0 Å². The lowest BCUT2D eigenvalue weighted by Crippen LogP contribution is -2.12. The predicted molar refractivity (Wildman–Crippen MR) is 213 cm³/mol. The van der Waals surface area contributed by atoms with Gasteiger partial charge in [-0.05, 0) is 77.5 Å². The summed E-state index contributed by atoms with van der Waals surface area (Å²) in [5, 5.41) is 9.63. The third-order valence-electron chi connectivity index (χ3n) is 10.1. The van der Waals surface area contributed by atoms with Gasteiger partial charge in [0.25, 0.3) is 0 Å². The van der Waals surface area contributed by atoms with Crippen molar-refractivity contribution in [2.75, 3.05) is 4.90 Å². The van der Waals surface area contributed by atoms with Crippen LogP contribution in [0.1, 0.15) is 0 Å². The third-order valence-corrected chi connectivity index (χ3v) is 11.3. The Kier molecular flexibility index (Phi) is 5.83. The summed E-state index contributed by atoms with van der Waals surface area (Å²) >= 11 is 1.86. The van der Waals surface area contributed by atoms with Crippen molar-refractivity contribution < 1.29 is 4.42 Å². The van der Waals surface area contributed by atoms with Crippen molar-refractivity contribution in [2.45, 2.75) is 0 Å².